The summed E-state index contributed by atoms with van der Waals surface area (Å²) in [5, 5.41) is 9.04. The molecule has 0 saturated heterocycles. The number of benzene rings is 1. The average Bonchev–Trinajstić information content (AvgIpc) is 2.15. The first-order chi connectivity index (χ1) is 6.59. The molecular formula is C11H14F2O. The minimum atomic E-state index is -2.40. The molecule has 14 heavy (non-hydrogen) atoms. The molecular weight excluding hydrogens is 186 g/mol. The molecule has 0 saturated carbocycles. The zero-order valence-electron chi connectivity index (χ0n) is 8.08. The molecule has 0 fully saturated rings. The second-order valence-corrected chi connectivity index (χ2v) is 3.43. The Labute approximate surface area is 82.4 Å². The Morgan fingerprint density at radius 2 is 1.79 bits per heavy atom. The number of halogens is 2. The summed E-state index contributed by atoms with van der Waals surface area (Å²) >= 11 is 0. The van der Waals surface area contributed by atoms with Gasteiger partial charge in [-0.25, -0.2) is 8.78 Å². The van der Waals surface area contributed by atoms with E-state index in [1.54, 1.807) is 19.1 Å². The summed E-state index contributed by atoms with van der Waals surface area (Å²) in [4.78, 5) is 0. The first kappa shape index (κ1) is 11.1. The van der Waals surface area contributed by atoms with Crippen LogP contribution in [0.4, 0.5) is 8.78 Å². The summed E-state index contributed by atoms with van der Waals surface area (Å²) < 4.78 is 24.3. The Morgan fingerprint density at radius 1 is 1.21 bits per heavy atom. The first-order valence-electron chi connectivity index (χ1n) is 4.64. The van der Waals surface area contributed by atoms with Crippen LogP contribution in [-0.4, -0.2) is 11.2 Å². The molecule has 78 valence electrons. The summed E-state index contributed by atoms with van der Waals surface area (Å²) in [6.45, 7) is 1.72. The fourth-order valence-electron chi connectivity index (χ4n) is 1.21. The van der Waals surface area contributed by atoms with E-state index in [0.29, 0.717) is 6.42 Å². The van der Waals surface area contributed by atoms with Crippen molar-refractivity contribution in [3.05, 3.63) is 35.4 Å². The van der Waals surface area contributed by atoms with Crippen LogP contribution in [0.2, 0.25) is 0 Å². The quantitative estimate of drug-likeness (QED) is 0.792. The van der Waals surface area contributed by atoms with Crippen LogP contribution >= 0.6 is 0 Å². The fraction of sp³-hybridized carbons (Fsp3) is 0.455. The number of hydrogen-bond acceptors (Lipinski definition) is 1. The summed E-state index contributed by atoms with van der Waals surface area (Å²) in [6, 6.07) is 6.23. The van der Waals surface area contributed by atoms with E-state index >= 15 is 0 Å². The molecule has 0 radical (unpaired) electrons. The molecule has 0 aliphatic heterocycles. The van der Waals surface area contributed by atoms with Gasteiger partial charge in [0.05, 0.1) is 6.10 Å². The molecule has 1 aromatic carbocycles. The molecule has 3 heteroatoms. The molecule has 1 N–H and O–H groups in total. The Balaban J connectivity index is 2.55. The van der Waals surface area contributed by atoms with E-state index < -0.39 is 6.43 Å². The maximum atomic E-state index is 12.2. The van der Waals surface area contributed by atoms with Crippen LogP contribution in [0.3, 0.4) is 0 Å². The highest BCUT2D eigenvalue weighted by Gasteiger charge is 2.05. The van der Waals surface area contributed by atoms with Gasteiger partial charge in [0.2, 0.25) is 0 Å². The second-order valence-electron chi connectivity index (χ2n) is 3.43. The lowest BCUT2D eigenvalue weighted by Gasteiger charge is -2.05. The number of rotatable bonds is 4. The number of alkyl halides is 2. The summed E-state index contributed by atoms with van der Waals surface area (Å²) in [6.07, 6.45) is -1.36. The van der Waals surface area contributed by atoms with Gasteiger partial charge in [0.1, 0.15) is 0 Å². The Morgan fingerprint density at radius 3 is 2.21 bits per heavy atom. The standard InChI is InChI=1S/C11H14F2O/c1-8(14)2-3-9-4-6-10(7-5-9)11(12)13/h4-8,11,14H,2-3H2,1H3. The smallest absolute Gasteiger partial charge is 0.263 e. The molecule has 0 aliphatic carbocycles. The highest BCUT2D eigenvalue weighted by Crippen LogP contribution is 2.19. The van der Waals surface area contributed by atoms with Gasteiger partial charge in [-0.3, -0.25) is 0 Å². The van der Waals surface area contributed by atoms with Crippen molar-refractivity contribution in [1.82, 2.24) is 0 Å². The molecule has 1 nitrogen and oxygen atoms in total. The van der Waals surface area contributed by atoms with Gasteiger partial charge in [-0.05, 0) is 25.3 Å². The van der Waals surface area contributed by atoms with Crippen LogP contribution in [-0.2, 0) is 6.42 Å². The number of aliphatic hydroxyl groups is 1. The van der Waals surface area contributed by atoms with Gasteiger partial charge in [0.25, 0.3) is 6.43 Å². The molecule has 1 unspecified atom stereocenters. The molecule has 1 aromatic rings. The van der Waals surface area contributed by atoms with E-state index in [2.05, 4.69) is 0 Å². The molecule has 0 bridgehead atoms. The van der Waals surface area contributed by atoms with Crippen LogP contribution in [0.1, 0.15) is 30.9 Å². The second kappa shape index (κ2) is 5.05. The lowest BCUT2D eigenvalue weighted by Crippen LogP contribution is -2.01. The van der Waals surface area contributed by atoms with Crippen molar-refractivity contribution in [2.75, 3.05) is 0 Å². The third-order valence-corrected chi connectivity index (χ3v) is 2.08. The largest absolute Gasteiger partial charge is 0.393 e. The van der Waals surface area contributed by atoms with Crippen LogP contribution in [0.15, 0.2) is 24.3 Å². The average molecular weight is 200 g/mol. The lowest BCUT2D eigenvalue weighted by molar-refractivity contribution is 0.151. The monoisotopic (exact) mass is 200 g/mol. The van der Waals surface area contributed by atoms with Gasteiger partial charge in [0, 0.05) is 5.56 Å². The van der Waals surface area contributed by atoms with Crippen molar-refractivity contribution in [3.8, 4) is 0 Å². The zero-order chi connectivity index (χ0) is 10.6. The van der Waals surface area contributed by atoms with Crippen molar-refractivity contribution in [1.29, 1.82) is 0 Å². The molecule has 0 aliphatic rings. The summed E-state index contributed by atoms with van der Waals surface area (Å²) in [5.74, 6) is 0. The summed E-state index contributed by atoms with van der Waals surface area (Å²) in [7, 11) is 0. The van der Waals surface area contributed by atoms with E-state index in [-0.39, 0.29) is 11.7 Å². The third kappa shape index (κ3) is 3.42. The zero-order valence-corrected chi connectivity index (χ0v) is 8.08. The van der Waals surface area contributed by atoms with Crippen molar-refractivity contribution in [2.24, 2.45) is 0 Å². The van der Waals surface area contributed by atoms with E-state index in [9.17, 15) is 8.78 Å². The van der Waals surface area contributed by atoms with Gasteiger partial charge in [0.15, 0.2) is 0 Å². The Hall–Kier alpha value is -0.960. The van der Waals surface area contributed by atoms with Crippen molar-refractivity contribution < 1.29 is 13.9 Å². The highest BCUT2D eigenvalue weighted by molar-refractivity contribution is 5.23. The topological polar surface area (TPSA) is 20.2 Å². The maximum absolute atomic E-state index is 12.2. The van der Waals surface area contributed by atoms with E-state index in [1.807, 2.05) is 0 Å². The molecule has 1 rings (SSSR count). The molecule has 0 heterocycles. The van der Waals surface area contributed by atoms with Crippen LogP contribution in [0.25, 0.3) is 0 Å². The van der Waals surface area contributed by atoms with Crippen LogP contribution in [0.5, 0.6) is 0 Å². The molecule has 0 spiro atoms. The molecule has 0 aromatic heterocycles. The SMILES string of the molecule is CC(O)CCc1ccc(C(F)F)cc1. The van der Waals surface area contributed by atoms with Gasteiger partial charge in [-0.15, -0.1) is 0 Å². The lowest BCUT2D eigenvalue weighted by atomic mass is 10.1. The summed E-state index contributed by atoms with van der Waals surface area (Å²) in [5.41, 5.74) is 1.03. The van der Waals surface area contributed by atoms with E-state index in [1.165, 1.54) is 12.1 Å². The van der Waals surface area contributed by atoms with Gasteiger partial charge < -0.3 is 5.11 Å². The fourth-order valence-corrected chi connectivity index (χ4v) is 1.21. The predicted molar refractivity (Wildman–Crippen MR) is 51.4 cm³/mol. The predicted octanol–water partition coefficient (Wildman–Crippen LogP) is 2.94. The van der Waals surface area contributed by atoms with Gasteiger partial charge in [-0.2, -0.15) is 0 Å². The number of hydrogen-bond donors (Lipinski definition) is 1. The normalized spacial score (nSPS) is 13.2. The Kier molecular flexibility index (Phi) is 4.01. The number of aryl methyl sites for hydroxylation is 1. The molecule has 1 atom stereocenters. The van der Waals surface area contributed by atoms with Gasteiger partial charge in [-0.1, -0.05) is 24.3 Å². The van der Waals surface area contributed by atoms with Crippen molar-refractivity contribution >= 4 is 0 Å². The Bertz CT molecular complexity index is 267. The van der Waals surface area contributed by atoms with Crippen LogP contribution < -0.4 is 0 Å². The maximum Gasteiger partial charge on any atom is 0.263 e. The first-order valence-corrected chi connectivity index (χ1v) is 4.64. The van der Waals surface area contributed by atoms with E-state index in [4.69, 9.17) is 5.11 Å². The number of aliphatic hydroxyl groups excluding tert-OH is 1. The van der Waals surface area contributed by atoms with Crippen molar-refractivity contribution in [3.63, 3.8) is 0 Å². The van der Waals surface area contributed by atoms with Gasteiger partial charge >= 0.3 is 0 Å². The molecule has 0 amide bonds. The minimum Gasteiger partial charge on any atom is -0.393 e. The highest BCUT2D eigenvalue weighted by atomic mass is 19.3. The van der Waals surface area contributed by atoms with Crippen molar-refractivity contribution in [2.45, 2.75) is 32.3 Å². The third-order valence-electron chi connectivity index (χ3n) is 2.08. The van der Waals surface area contributed by atoms with E-state index in [0.717, 1.165) is 12.0 Å². The van der Waals surface area contributed by atoms with Crippen LogP contribution in [0, 0.1) is 0 Å². The minimum absolute atomic E-state index is 0.0470.